The van der Waals surface area contributed by atoms with Crippen LogP contribution in [0.2, 0.25) is 0 Å². The van der Waals surface area contributed by atoms with Gasteiger partial charge in [-0.1, -0.05) is 36.4 Å². The summed E-state index contributed by atoms with van der Waals surface area (Å²) in [4.78, 5) is 22.3. The molecule has 0 unspecified atom stereocenters. The second-order valence-corrected chi connectivity index (χ2v) is 9.67. The first kappa shape index (κ1) is 23.5. The SMILES string of the molecule is Nc1ccc(-c2ccc(C(=O)O)cc2)c(S(=O)(=O)c2cc(N)ccc2-c2ccc(C(=O)O)cc2)c1. The van der Waals surface area contributed by atoms with Crippen molar-refractivity contribution in [3.8, 4) is 22.3 Å². The summed E-state index contributed by atoms with van der Waals surface area (Å²) >= 11 is 0. The van der Waals surface area contributed by atoms with Crippen molar-refractivity contribution in [2.75, 3.05) is 11.5 Å². The van der Waals surface area contributed by atoms with E-state index in [0.717, 1.165) is 0 Å². The molecule has 4 aromatic carbocycles. The molecule has 6 N–H and O–H groups in total. The maximum atomic E-state index is 14.0. The highest BCUT2D eigenvalue weighted by atomic mass is 32.2. The molecule has 0 aliphatic heterocycles. The van der Waals surface area contributed by atoms with Crippen LogP contribution < -0.4 is 11.5 Å². The van der Waals surface area contributed by atoms with Gasteiger partial charge in [-0.05, 0) is 59.7 Å². The lowest BCUT2D eigenvalue weighted by atomic mass is 10.0. The number of carbonyl (C=O) groups is 2. The van der Waals surface area contributed by atoms with Crippen LogP contribution in [0.3, 0.4) is 0 Å². The topological polar surface area (TPSA) is 161 Å². The number of aromatic carboxylic acids is 2. The Hall–Kier alpha value is -4.63. The Morgan fingerprint density at radius 1 is 0.571 bits per heavy atom. The van der Waals surface area contributed by atoms with E-state index >= 15 is 0 Å². The highest BCUT2D eigenvalue weighted by molar-refractivity contribution is 7.91. The van der Waals surface area contributed by atoms with Gasteiger partial charge in [0.25, 0.3) is 0 Å². The first-order valence-electron chi connectivity index (χ1n) is 10.3. The van der Waals surface area contributed by atoms with E-state index in [9.17, 15) is 28.2 Å². The van der Waals surface area contributed by atoms with E-state index in [1.807, 2.05) is 0 Å². The van der Waals surface area contributed by atoms with Crippen molar-refractivity contribution in [2.24, 2.45) is 0 Å². The maximum absolute atomic E-state index is 14.0. The van der Waals surface area contributed by atoms with Gasteiger partial charge in [0.1, 0.15) is 0 Å². The molecule has 0 saturated carbocycles. The number of sulfone groups is 1. The zero-order valence-electron chi connectivity index (χ0n) is 18.2. The predicted octanol–water partition coefficient (Wildman–Crippen LogP) is 4.41. The third-order valence-electron chi connectivity index (χ3n) is 5.48. The number of benzene rings is 4. The van der Waals surface area contributed by atoms with Crippen molar-refractivity contribution in [3.63, 3.8) is 0 Å². The highest BCUT2D eigenvalue weighted by Crippen LogP contribution is 2.38. The number of anilines is 2. The second-order valence-electron chi connectivity index (χ2n) is 7.78. The zero-order valence-corrected chi connectivity index (χ0v) is 19.0. The third-order valence-corrected chi connectivity index (χ3v) is 7.31. The van der Waals surface area contributed by atoms with E-state index in [2.05, 4.69) is 0 Å². The molecular weight excluding hydrogens is 468 g/mol. The van der Waals surface area contributed by atoms with Crippen LogP contribution in [0.5, 0.6) is 0 Å². The molecule has 4 aromatic rings. The minimum atomic E-state index is -4.19. The summed E-state index contributed by atoms with van der Waals surface area (Å²) in [6.07, 6.45) is 0. The molecule has 0 fully saturated rings. The van der Waals surface area contributed by atoms with E-state index in [4.69, 9.17) is 11.5 Å². The Bertz CT molecular complexity index is 1450. The summed E-state index contributed by atoms with van der Waals surface area (Å²) < 4.78 is 28.0. The molecule has 0 heterocycles. The number of nitrogens with two attached hydrogens (primary N) is 2. The van der Waals surface area contributed by atoms with Crippen molar-refractivity contribution in [3.05, 3.63) is 96.1 Å². The van der Waals surface area contributed by atoms with Crippen molar-refractivity contribution >= 4 is 33.2 Å². The average Bonchev–Trinajstić information content (AvgIpc) is 2.84. The lowest BCUT2D eigenvalue weighted by Crippen LogP contribution is -2.08. The van der Waals surface area contributed by atoms with Gasteiger partial charge in [0.05, 0.1) is 20.9 Å². The number of hydrogen-bond acceptors (Lipinski definition) is 6. The van der Waals surface area contributed by atoms with Crippen LogP contribution >= 0.6 is 0 Å². The van der Waals surface area contributed by atoms with Crippen LogP contribution in [0.4, 0.5) is 11.4 Å². The molecule has 8 nitrogen and oxygen atoms in total. The van der Waals surface area contributed by atoms with Crippen LogP contribution in [-0.2, 0) is 9.84 Å². The summed E-state index contributed by atoms with van der Waals surface area (Å²) in [5.74, 6) is -2.19. The summed E-state index contributed by atoms with van der Waals surface area (Å²) in [6.45, 7) is 0. The second kappa shape index (κ2) is 8.96. The Balaban J connectivity index is 1.91. The molecule has 35 heavy (non-hydrogen) atoms. The van der Waals surface area contributed by atoms with Crippen LogP contribution in [0, 0.1) is 0 Å². The molecule has 0 saturated heterocycles. The first-order valence-corrected chi connectivity index (χ1v) is 11.8. The molecule has 0 aliphatic rings. The molecule has 0 aliphatic carbocycles. The van der Waals surface area contributed by atoms with E-state index in [0.29, 0.717) is 22.3 Å². The largest absolute Gasteiger partial charge is 0.478 e. The first-order chi connectivity index (χ1) is 16.6. The Kier molecular flexibility index (Phi) is 6.02. The molecular formula is C26H20N2O6S. The third kappa shape index (κ3) is 4.57. The minimum Gasteiger partial charge on any atom is -0.478 e. The van der Waals surface area contributed by atoms with Crippen molar-refractivity contribution in [2.45, 2.75) is 9.79 Å². The summed E-state index contributed by atoms with van der Waals surface area (Å²) in [5.41, 5.74) is 14.1. The highest BCUT2D eigenvalue weighted by Gasteiger charge is 2.26. The van der Waals surface area contributed by atoms with E-state index in [1.54, 1.807) is 24.3 Å². The van der Waals surface area contributed by atoms with Crippen molar-refractivity contribution < 1.29 is 28.2 Å². The van der Waals surface area contributed by atoms with Gasteiger partial charge in [0.2, 0.25) is 9.84 Å². The average molecular weight is 489 g/mol. The van der Waals surface area contributed by atoms with Crippen LogP contribution in [0.15, 0.2) is 94.7 Å². The number of rotatable bonds is 6. The summed E-state index contributed by atoms with van der Waals surface area (Å²) in [6, 6.07) is 20.6. The normalized spacial score (nSPS) is 11.2. The van der Waals surface area contributed by atoms with Crippen molar-refractivity contribution in [1.29, 1.82) is 0 Å². The Morgan fingerprint density at radius 2 is 0.914 bits per heavy atom. The van der Waals surface area contributed by atoms with Crippen LogP contribution in [0.25, 0.3) is 22.3 Å². The van der Waals surface area contributed by atoms with Gasteiger partial charge in [-0.15, -0.1) is 0 Å². The fourth-order valence-electron chi connectivity index (χ4n) is 3.70. The molecule has 0 aromatic heterocycles. The smallest absolute Gasteiger partial charge is 0.335 e. The fourth-order valence-corrected chi connectivity index (χ4v) is 5.47. The van der Waals surface area contributed by atoms with E-state index in [1.165, 1.54) is 60.7 Å². The van der Waals surface area contributed by atoms with Gasteiger partial charge in [-0.3, -0.25) is 0 Å². The Labute approximate surface area is 201 Å². The van der Waals surface area contributed by atoms with Gasteiger partial charge < -0.3 is 21.7 Å². The molecule has 4 rings (SSSR count). The van der Waals surface area contributed by atoms with Gasteiger partial charge >= 0.3 is 11.9 Å². The van der Waals surface area contributed by atoms with Gasteiger partial charge in [0, 0.05) is 22.5 Å². The van der Waals surface area contributed by atoms with Gasteiger partial charge in [-0.25, -0.2) is 18.0 Å². The lowest BCUT2D eigenvalue weighted by Gasteiger charge is -2.16. The molecule has 0 spiro atoms. The lowest BCUT2D eigenvalue weighted by molar-refractivity contribution is 0.0686. The predicted molar refractivity (Wildman–Crippen MR) is 132 cm³/mol. The molecule has 0 radical (unpaired) electrons. The van der Waals surface area contributed by atoms with Crippen LogP contribution in [-0.4, -0.2) is 30.6 Å². The fraction of sp³-hybridized carbons (Fsp3) is 0. The number of carboxylic acids is 2. The maximum Gasteiger partial charge on any atom is 0.335 e. The van der Waals surface area contributed by atoms with Gasteiger partial charge in [0.15, 0.2) is 0 Å². The molecule has 0 bridgehead atoms. The van der Waals surface area contributed by atoms with Crippen LogP contribution in [0.1, 0.15) is 20.7 Å². The zero-order chi connectivity index (χ0) is 25.3. The van der Waals surface area contributed by atoms with Gasteiger partial charge in [-0.2, -0.15) is 0 Å². The monoisotopic (exact) mass is 488 g/mol. The minimum absolute atomic E-state index is 0.0662. The number of hydrogen-bond donors (Lipinski definition) is 4. The van der Waals surface area contributed by atoms with Crippen molar-refractivity contribution in [1.82, 2.24) is 0 Å². The standard InChI is InChI=1S/C26H20N2O6S/c27-19-9-11-21(15-1-5-17(6-2-15)25(29)30)23(13-19)35(33,34)24-14-20(28)10-12-22(24)16-3-7-18(8-4-16)26(31)32/h1-14H,27-28H2,(H,29,30)(H,31,32). The number of carboxylic acid groups (broad SMARTS) is 2. The molecule has 0 atom stereocenters. The van der Waals surface area contributed by atoms with E-state index < -0.39 is 21.8 Å². The molecule has 176 valence electrons. The summed E-state index contributed by atoms with van der Waals surface area (Å²) in [7, 11) is -4.19. The number of nitrogen functional groups attached to an aromatic ring is 2. The summed E-state index contributed by atoms with van der Waals surface area (Å²) in [5, 5.41) is 18.3. The van der Waals surface area contributed by atoms with E-state index in [-0.39, 0.29) is 32.3 Å². The Morgan fingerprint density at radius 3 is 1.23 bits per heavy atom. The molecule has 9 heteroatoms. The molecule has 0 amide bonds. The quantitative estimate of drug-likeness (QED) is 0.290.